The fraction of sp³-hybridized carbons (Fsp3) is 0.500. The standard InChI is InChI=1S/C26H37N5O/c1-4-27-26(28-16-21-10-12-23(13-11-21)17-29(2)3)31-19-24-25(20-31)32-15-14-30(24)18-22-8-6-5-7-9-22/h5-13,24-25H,4,14-20H2,1-3H3,(H,27,28). The molecule has 0 aromatic heterocycles. The Kier molecular flexibility index (Phi) is 7.79. The summed E-state index contributed by atoms with van der Waals surface area (Å²) in [6, 6.07) is 20.0. The number of ether oxygens (including phenoxy) is 1. The molecule has 2 saturated heterocycles. The maximum atomic E-state index is 6.17. The Morgan fingerprint density at radius 2 is 1.78 bits per heavy atom. The summed E-state index contributed by atoms with van der Waals surface area (Å²) in [4.78, 5) is 12.1. The van der Waals surface area contributed by atoms with Gasteiger partial charge in [0.15, 0.2) is 5.96 Å². The number of fused-ring (bicyclic) bond motifs is 1. The third kappa shape index (κ3) is 5.88. The van der Waals surface area contributed by atoms with Crippen LogP contribution in [0, 0.1) is 0 Å². The smallest absolute Gasteiger partial charge is 0.194 e. The second-order valence-electron chi connectivity index (χ2n) is 9.06. The van der Waals surface area contributed by atoms with Crippen molar-refractivity contribution in [2.24, 2.45) is 4.99 Å². The Morgan fingerprint density at radius 1 is 1.03 bits per heavy atom. The van der Waals surface area contributed by atoms with Crippen LogP contribution in [0.25, 0.3) is 0 Å². The van der Waals surface area contributed by atoms with Crippen LogP contribution in [0.15, 0.2) is 59.6 Å². The molecule has 6 nitrogen and oxygen atoms in total. The predicted molar refractivity (Wildman–Crippen MR) is 131 cm³/mol. The number of guanidine groups is 1. The van der Waals surface area contributed by atoms with Gasteiger partial charge in [0.2, 0.25) is 0 Å². The summed E-state index contributed by atoms with van der Waals surface area (Å²) in [5, 5.41) is 3.50. The van der Waals surface area contributed by atoms with E-state index in [1.807, 2.05) is 0 Å². The maximum absolute atomic E-state index is 6.17. The second-order valence-corrected chi connectivity index (χ2v) is 9.06. The third-order valence-electron chi connectivity index (χ3n) is 6.21. The van der Waals surface area contributed by atoms with Crippen molar-refractivity contribution in [3.8, 4) is 0 Å². The summed E-state index contributed by atoms with van der Waals surface area (Å²) < 4.78 is 6.17. The first-order valence-electron chi connectivity index (χ1n) is 11.8. The molecule has 2 atom stereocenters. The van der Waals surface area contributed by atoms with Gasteiger partial charge in [0, 0.05) is 39.3 Å². The SMILES string of the molecule is CCNC(=NCc1ccc(CN(C)C)cc1)N1CC2OCCN(Cc3ccccc3)C2C1. The third-order valence-corrected chi connectivity index (χ3v) is 6.21. The average molecular weight is 436 g/mol. The Morgan fingerprint density at radius 3 is 2.50 bits per heavy atom. The van der Waals surface area contributed by atoms with Gasteiger partial charge in [0.1, 0.15) is 0 Å². The summed E-state index contributed by atoms with van der Waals surface area (Å²) in [6.07, 6.45) is 0.238. The van der Waals surface area contributed by atoms with Gasteiger partial charge in [0.05, 0.1) is 25.3 Å². The van der Waals surface area contributed by atoms with E-state index in [0.29, 0.717) is 12.6 Å². The first kappa shape index (κ1) is 22.8. The van der Waals surface area contributed by atoms with Crippen LogP contribution in [-0.4, -0.2) is 79.7 Å². The normalized spacial score (nSPS) is 21.8. The van der Waals surface area contributed by atoms with E-state index in [2.05, 4.69) is 95.6 Å². The van der Waals surface area contributed by atoms with Crippen LogP contribution in [0.4, 0.5) is 0 Å². The van der Waals surface area contributed by atoms with Gasteiger partial charge in [-0.25, -0.2) is 4.99 Å². The van der Waals surface area contributed by atoms with E-state index in [0.717, 1.165) is 51.8 Å². The molecule has 2 heterocycles. The molecule has 2 aliphatic heterocycles. The number of rotatable bonds is 7. The first-order chi connectivity index (χ1) is 15.6. The summed E-state index contributed by atoms with van der Waals surface area (Å²) in [6.45, 7) is 9.24. The van der Waals surface area contributed by atoms with Gasteiger partial charge in [-0.05, 0) is 37.7 Å². The molecule has 2 unspecified atom stereocenters. The van der Waals surface area contributed by atoms with Crippen LogP contribution in [0.2, 0.25) is 0 Å². The molecule has 0 spiro atoms. The number of hydrogen-bond donors (Lipinski definition) is 1. The largest absolute Gasteiger partial charge is 0.373 e. The van der Waals surface area contributed by atoms with Crippen LogP contribution in [0.3, 0.4) is 0 Å². The van der Waals surface area contributed by atoms with E-state index in [9.17, 15) is 0 Å². The summed E-state index contributed by atoms with van der Waals surface area (Å²) >= 11 is 0. The number of likely N-dealkylation sites (tertiary alicyclic amines) is 1. The zero-order valence-electron chi connectivity index (χ0n) is 19.7. The predicted octanol–water partition coefficient (Wildman–Crippen LogP) is 2.80. The van der Waals surface area contributed by atoms with Gasteiger partial charge < -0.3 is 19.9 Å². The van der Waals surface area contributed by atoms with Crippen molar-refractivity contribution >= 4 is 5.96 Å². The Bertz CT molecular complexity index is 868. The molecule has 4 rings (SSSR count). The molecule has 2 aromatic rings. The van der Waals surface area contributed by atoms with Crippen LogP contribution < -0.4 is 5.32 Å². The maximum Gasteiger partial charge on any atom is 0.194 e. The molecule has 0 bridgehead atoms. The molecule has 172 valence electrons. The van der Waals surface area contributed by atoms with Gasteiger partial charge in [-0.3, -0.25) is 4.90 Å². The minimum absolute atomic E-state index is 0.238. The number of nitrogens with zero attached hydrogens (tertiary/aromatic N) is 4. The highest BCUT2D eigenvalue weighted by Gasteiger charge is 2.41. The minimum Gasteiger partial charge on any atom is -0.373 e. The van der Waals surface area contributed by atoms with Crippen LogP contribution in [0.1, 0.15) is 23.6 Å². The average Bonchev–Trinajstić information content (AvgIpc) is 3.23. The molecule has 2 aliphatic rings. The molecule has 2 aromatic carbocycles. The van der Waals surface area contributed by atoms with E-state index < -0.39 is 0 Å². The summed E-state index contributed by atoms with van der Waals surface area (Å²) in [7, 11) is 4.19. The Balaban J connectivity index is 1.41. The highest BCUT2D eigenvalue weighted by molar-refractivity contribution is 5.80. The van der Waals surface area contributed by atoms with E-state index in [-0.39, 0.29) is 6.10 Å². The van der Waals surface area contributed by atoms with Crippen LogP contribution in [0.5, 0.6) is 0 Å². The molecule has 32 heavy (non-hydrogen) atoms. The summed E-state index contributed by atoms with van der Waals surface area (Å²) in [5.74, 6) is 0.988. The van der Waals surface area contributed by atoms with Crippen molar-refractivity contribution in [2.75, 3.05) is 46.9 Å². The first-order valence-corrected chi connectivity index (χ1v) is 11.8. The van der Waals surface area contributed by atoms with E-state index >= 15 is 0 Å². The Hall–Kier alpha value is -2.41. The van der Waals surface area contributed by atoms with Gasteiger partial charge in [0.25, 0.3) is 0 Å². The van der Waals surface area contributed by atoms with Crippen molar-refractivity contribution in [1.82, 2.24) is 20.0 Å². The van der Waals surface area contributed by atoms with Crippen molar-refractivity contribution in [1.29, 1.82) is 0 Å². The topological polar surface area (TPSA) is 43.3 Å². The lowest BCUT2D eigenvalue weighted by molar-refractivity contribution is -0.0502. The van der Waals surface area contributed by atoms with Crippen molar-refractivity contribution < 1.29 is 4.74 Å². The van der Waals surface area contributed by atoms with Gasteiger partial charge in [-0.2, -0.15) is 0 Å². The molecular weight excluding hydrogens is 398 g/mol. The van der Waals surface area contributed by atoms with Crippen molar-refractivity contribution in [3.63, 3.8) is 0 Å². The molecular formula is C26H37N5O. The highest BCUT2D eigenvalue weighted by atomic mass is 16.5. The molecule has 0 radical (unpaired) electrons. The summed E-state index contributed by atoms with van der Waals surface area (Å²) in [5.41, 5.74) is 3.93. The quantitative estimate of drug-likeness (QED) is 0.535. The number of aliphatic imine (C=N–C) groups is 1. The number of hydrogen-bond acceptors (Lipinski definition) is 4. The fourth-order valence-electron chi connectivity index (χ4n) is 4.65. The number of morpholine rings is 1. The van der Waals surface area contributed by atoms with E-state index in [1.54, 1.807) is 0 Å². The molecule has 6 heteroatoms. The Labute approximate surface area is 192 Å². The number of nitrogens with one attached hydrogen (secondary N) is 1. The van der Waals surface area contributed by atoms with E-state index in [4.69, 9.17) is 9.73 Å². The van der Waals surface area contributed by atoms with Gasteiger partial charge in [-0.1, -0.05) is 54.6 Å². The zero-order chi connectivity index (χ0) is 22.3. The molecule has 2 fully saturated rings. The van der Waals surface area contributed by atoms with Gasteiger partial charge >= 0.3 is 0 Å². The van der Waals surface area contributed by atoms with E-state index in [1.165, 1.54) is 16.7 Å². The van der Waals surface area contributed by atoms with Crippen LogP contribution >= 0.6 is 0 Å². The van der Waals surface area contributed by atoms with Gasteiger partial charge in [-0.15, -0.1) is 0 Å². The monoisotopic (exact) mass is 435 g/mol. The molecule has 0 amide bonds. The lowest BCUT2D eigenvalue weighted by Crippen LogP contribution is -2.50. The number of benzene rings is 2. The minimum atomic E-state index is 0.238. The van der Waals surface area contributed by atoms with Crippen molar-refractivity contribution in [3.05, 3.63) is 71.3 Å². The fourth-order valence-corrected chi connectivity index (χ4v) is 4.65. The lowest BCUT2D eigenvalue weighted by Gasteiger charge is -2.36. The zero-order valence-corrected chi connectivity index (χ0v) is 19.7. The highest BCUT2D eigenvalue weighted by Crippen LogP contribution is 2.25. The second kappa shape index (κ2) is 10.9. The van der Waals surface area contributed by atoms with Crippen LogP contribution in [-0.2, 0) is 24.4 Å². The molecule has 0 saturated carbocycles. The molecule has 1 N–H and O–H groups in total. The lowest BCUT2D eigenvalue weighted by atomic mass is 10.1. The molecule has 0 aliphatic carbocycles. The van der Waals surface area contributed by atoms with Crippen molar-refractivity contribution in [2.45, 2.75) is 38.7 Å².